The van der Waals surface area contributed by atoms with Gasteiger partial charge >= 0.3 is 0 Å². The average Bonchev–Trinajstić information content (AvgIpc) is 3.64. The van der Waals surface area contributed by atoms with Crippen molar-refractivity contribution in [1.29, 1.82) is 16.2 Å². The minimum absolute atomic E-state index is 0.199. The van der Waals surface area contributed by atoms with Crippen LogP contribution in [0.2, 0.25) is 0 Å². The number of methoxy groups -OCH3 is 1. The Morgan fingerprint density at radius 2 is 1.85 bits per heavy atom. The fourth-order valence-corrected chi connectivity index (χ4v) is 7.80. The van der Waals surface area contributed by atoms with Gasteiger partial charge in [0.25, 0.3) is 5.88 Å². The van der Waals surface area contributed by atoms with Crippen LogP contribution in [-0.4, -0.2) is 85.7 Å². The summed E-state index contributed by atoms with van der Waals surface area (Å²) in [5.74, 6) is 3.16. The molecule has 1 aliphatic heterocycles. The molecule has 0 spiro atoms. The molecule has 3 unspecified atom stereocenters. The van der Waals surface area contributed by atoms with E-state index in [4.69, 9.17) is 44.7 Å². The van der Waals surface area contributed by atoms with Gasteiger partial charge in [0.05, 0.1) is 56.4 Å². The van der Waals surface area contributed by atoms with Crippen LogP contribution in [0.3, 0.4) is 0 Å². The van der Waals surface area contributed by atoms with Crippen LogP contribution in [0, 0.1) is 34.1 Å². The summed E-state index contributed by atoms with van der Waals surface area (Å²) in [6.45, 7) is 15.2. The van der Waals surface area contributed by atoms with Gasteiger partial charge in [-0.25, -0.2) is 10.0 Å². The van der Waals surface area contributed by atoms with Gasteiger partial charge in [-0.05, 0) is 126 Å². The fourth-order valence-electron chi connectivity index (χ4n) is 7.80. The first-order valence-electron chi connectivity index (χ1n) is 21.6. The summed E-state index contributed by atoms with van der Waals surface area (Å²) in [7, 11) is 1.67. The maximum absolute atomic E-state index is 9.81. The molecule has 0 amide bonds. The van der Waals surface area contributed by atoms with Gasteiger partial charge in [-0.1, -0.05) is 37.6 Å². The number of nitrogens with zero attached hydrogens (tertiary/aromatic N) is 6. The topological polar surface area (TPSA) is 175 Å². The van der Waals surface area contributed by atoms with Gasteiger partial charge in [-0.3, -0.25) is 10.1 Å². The third-order valence-corrected chi connectivity index (χ3v) is 11.5. The first-order chi connectivity index (χ1) is 28.6. The first-order valence-corrected chi connectivity index (χ1v) is 21.6. The van der Waals surface area contributed by atoms with Gasteiger partial charge in [0, 0.05) is 26.4 Å². The van der Waals surface area contributed by atoms with Crippen molar-refractivity contribution in [1.82, 2.24) is 14.8 Å². The lowest BCUT2D eigenvalue weighted by Gasteiger charge is -2.34. The molecule has 1 aliphatic carbocycles. The lowest BCUT2D eigenvalue weighted by Crippen LogP contribution is -2.29. The Hall–Kier alpha value is -4.58. The molecule has 324 valence electrons. The van der Waals surface area contributed by atoms with Crippen molar-refractivity contribution in [3.8, 4) is 17.7 Å². The molecule has 4 rings (SSSR count). The van der Waals surface area contributed by atoms with Crippen LogP contribution in [0.15, 0.2) is 52.1 Å². The molecule has 14 nitrogen and oxygen atoms in total. The largest absolute Gasteiger partial charge is 0.487 e. The van der Waals surface area contributed by atoms with Crippen molar-refractivity contribution >= 4 is 23.8 Å². The Labute approximate surface area is 352 Å². The lowest BCUT2D eigenvalue weighted by atomic mass is 9.75. The van der Waals surface area contributed by atoms with E-state index in [2.05, 4.69) is 68.2 Å². The highest BCUT2D eigenvalue weighted by atomic mass is 16.5. The molecule has 1 aromatic carbocycles. The molecule has 1 saturated carbocycles. The summed E-state index contributed by atoms with van der Waals surface area (Å²) in [6, 6.07) is 8.00. The predicted molar refractivity (Wildman–Crippen MR) is 233 cm³/mol. The summed E-state index contributed by atoms with van der Waals surface area (Å²) >= 11 is 0. The molecule has 2 aliphatic rings. The van der Waals surface area contributed by atoms with Crippen LogP contribution in [0.1, 0.15) is 129 Å². The summed E-state index contributed by atoms with van der Waals surface area (Å²) in [5, 5.41) is 30.4. The fraction of sp³-hybridized carbons (Fsp3) is 0.644. The first kappa shape index (κ1) is 47.1. The number of benzene rings is 1. The number of aliphatic imine (C=N–C) groups is 1. The number of aromatic nitrogens is 2. The van der Waals surface area contributed by atoms with E-state index in [1.165, 1.54) is 25.7 Å². The Morgan fingerprint density at radius 3 is 2.54 bits per heavy atom. The van der Waals surface area contributed by atoms with E-state index >= 15 is 0 Å². The van der Waals surface area contributed by atoms with E-state index in [0.717, 1.165) is 90.4 Å². The van der Waals surface area contributed by atoms with Gasteiger partial charge in [-0.2, -0.15) is 10.8 Å². The number of anilines is 1. The second-order valence-corrected chi connectivity index (χ2v) is 15.9. The molecule has 59 heavy (non-hydrogen) atoms. The third kappa shape index (κ3) is 14.9. The Balaban J connectivity index is 1.49. The van der Waals surface area contributed by atoms with Crippen molar-refractivity contribution in [2.24, 2.45) is 22.1 Å². The number of hydrogen-bond acceptors (Lipinski definition) is 12. The number of nitrogens with one attached hydrogen (secondary N) is 3. The molecule has 0 saturated heterocycles. The molecule has 3 N–H and O–H groups in total. The molecule has 1 fully saturated rings. The maximum Gasteiger partial charge on any atom is 0.256 e. The zero-order valence-electron chi connectivity index (χ0n) is 36.5. The molecule has 2 heterocycles. The minimum Gasteiger partial charge on any atom is -0.487 e. The summed E-state index contributed by atoms with van der Waals surface area (Å²) < 4.78 is 31.5. The molecule has 4 atom stereocenters. The highest BCUT2D eigenvalue weighted by Crippen LogP contribution is 2.40. The highest BCUT2D eigenvalue weighted by molar-refractivity contribution is 6.10. The van der Waals surface area contributed by atoms with E-state index in [1.54, 1.807) is 13.2 Å². The normalized spacial score (nSPS) is 20.8. The SMILES string of the molecule is CCC(C)OC(C)CCC(CC)C1CCC(n2cc(NC3=C(/C)CCC=C(c4ccc(C#N)c(O[C@@H](C)CN(C=N)N=N)c4)/C=N\3)c(OCCCOCCOC)n2)CC1. The monoisotopic (exact) mass is 816 g/mol. The minimum atomic E-state index is -0.424. The van der Waals surface area contributed by atoms with Gasteiger partial charge in [-0.15, -0.1) is 5.10 Å². The molecule has 2 aromatic rings. The highest BCUT2D eigenvalue weighted by Gasteiger charge is 2.29. The van der Waals surface area contributed by atoms with E-state index < -0.39 is 6.10 Å². The number of ether oxygens (including phenoxy) is 5. The lowest BCUT2D eigenvalue weighted by molar-refractivity contribution is -0.00263. The van der Waals surface area contributed by atoms with Crippen molar-refractivity contribution in [2.45, 2.75) is 137 Å². The van der Waals surface area contributed by atoms with Crippen LogP contribution in [0.25, 0.3) is 5.57 Å². The Kier molecular flexibility index (Phi) is 20.1. The van der Waals surface area contributed by atoms with Gasteiger partial charge < -0.3 is 29.0 Å². The van der Waals surface area contributed by atoms with E-state index in [0.29, 0.717) is 67.8 Å². The van der Waals surface area contributed by atoms with Gasteiger partial charge in [0.2, 0.25) is 0 Å². The van der Waals surface area contributed by atoms with Crippen LogP contribution in [0.5, 0.6) is 11.6 Å². The van der Waals surface area contributed by atoms with Crippen molar-refractivity contribution in [2.75, 3.05) is 45.4 Å². The summed E-state index contributed by atoms with van der Waals surface area (Å²) in [6.07, 6.45) is 18.7. The van der Waals surface area contributed by atoms with Crippen LogP contribution < -0.4 is 14.8 Å². The predicted octanol–water partition coefficient (Wildman–Crippen LogP) is 10.1. The number of allylic oxidation sites excluding steroid dienone is 3. The summed E-state index contributed by atoms with van der Waals surface area (Å²) in [5.41, 5.74) is 11.3. The summed E-state index contributed by atoms with van der Waals surface area (Å²) in [4.78, 5) is 4.97. The third-order valence-electron chi connectivity index (χ3n) is 11.5. The second kappa shape index (κ2) is 25.1. The number of nitriles is 1. The number of hydrogen-bond donors (Lipinski definition) is 3. The second-order valence-electron chi connectivity index (χ2n) is 15.9. The Morgan fingerprint density at radius 1 is 1.05 bits per heavy atom. The van der Waals surface area contributed by atoms with E-state index in [-0.39, 0.29) is 6.54 Å². The molecule has 0 bridgehead atoms. The smallest absolute Gasteiger partial charge is 0.256 e. The molecular weight excluding hydrogens is 747 g/mol. The standard InChI is InChI=1S/C45H69N9O5/c1-8-33(4)58-34(5)14-15-36(9-2)37-18-20-41(21-19-37)54-30-42(45(51-54)57-23-11-22-56-25-24-55-7)50-44-32(3)12-10-13-40(28-49-44)38-16-17-39(27-46)43(26-38)59-35(6)29-53(31-47)52-48/h13,16-17,26,28,30-31,33-37,41,47-48,50H,8-12,14-15,18-25,29H2,1-7H3/b40-13?,44-32-,47-31?,49-28-,52-48?/t33?,34?,35-,36?,37?,41?/m0/s1. The quantitative estimate of drug-likeness (QED) is 0.0274. The zero-order chi connectivity index (χ0) is 42.6. The Bertz CT molecular complexity index is 1730. The van der Waals surface area contributed by atoms with Gasteiger partial charge in [0.1, 0.15) is 35.8 Å². The zero-order valence-corrected chi connectivity index (χ0v) is 36.5. The van der Waals surface area contributed by atoms with Crippen LogP contribution in [0.4, 0.5) is 5.69 Å². The average molecular weight is 816 g/mol. The van der Waals surface area contributed by atoms with E-state index in [1.807, 2.05) is 25.3 Å². The molecular formula is C45H69N9O5. The molecule has 14 heteroatoms. The number of rotatable bonds is 26. The molecule has 0 radical (unpaired) electrons. The van der Waals surface area contributed by atoms with Crippen molar-refractivity contribution in [3.05, 3.63) is 53.0 Å². The molecule has 1 aromatic heterocycles. The van der Waals surface area contributed by atoms with Crippen molar-refractivity contribution in [3.63, 3.8) is 0 Å². The maximum atomic E-state index is 9.81. The van der Waals surface area contributed by atoms with Crippen LogP contribution >= 0.6 is 0 Å². The van der Waals surface area contributed by atoms with E-state index in [9.17, 15) is 5.26 Å². The van der Waals surface area contributed by atoms with Crippen molar-refractivity contribution < 1.29 is 23.7 Å². The van der Waals surface area contributed by atoms with Crippen LogP contribution in [-0.2, 0) is 14.2 Å². The van der Waals surface area contributed by atoms with Gasteiger partial charge in [0.15, 0.2) is 0 Å².